The number of esters is 1. The van der Waals surface area contributed by atoms with E-state index in [1.54, 1.807) is 0 Å². The number of ether oxygens (including phenoxy) is 1. The first-order chi connectivity index (χ1) is 8.66. The molecular formula is C15H28O3. The van der Waals surface area contributed by atoms with Gasteiger partial charge >= 0.3 is 5.97 Å². The first kappa shape index (κ1) is 17.2. The molecule has 0 amide bonds. The highest BCUT2D eigenvalue weighted by molar-refractivity contribution is 5.82. The summed E-state index contributed by atoms with van der Waals surface area (Å²) in [7, 11) is 0. The molecule has 0 heterocycles. The van der Waals surface area contributed by atoms with Gasteiger partial charge in [-0.25, -0.2) is 4.79 Å². The van der Waals surface area contributed by atoms with Crippen molar-refractivity contribution in [1.29, 1.82) is 0 Å². The maximum Gasteiger partial charge on any atom is 0.330 e. The molecule has 0 aromatic heterocycles. The summed E-state index contributed by atoms with van der Waals surface area (Å²) in [6.45, 7) is 4.63. The van der Waals surface area contributed by atoms with Crippen LogP contribution in [0, 0.1) is 0 Å². The number of rotatable bonds is 11. The van der Waals surface area contributed by atoms with Gasteiger partial charge in [-0.1, -0.05) is 44.1 Å². The molecule has 0 aliphatic heterocycles. The third-order valence-electron chi connectivity index (χ3n) is 2.70. The summed E-state index contributed by atoms with van der Waals surface area (Å²) in [5, 5.41) is 8.62. The molecule has 0 fully saturated rings. The zero-order valence-electron chi connectivity index (χ0n) is 11.9. The predicted molar refractivity (Wildman–Crippen MR) is 74.4 cm³/mol. The fourth-order valence-corrected chi connectivity index (χ4v) is 1.72. The average molecular weight is 256 g/mol. The molecule has 0 aromatic rings. The van der Waals surface area contributed by atoms with Gasteiger partial charge in [0, 0.05) is 12.7 Å². The van der Waals surface area contributed by atoms with Crippen molar-refractivity contribution < 1.29 is 14.6 Å². The molecule has 0 bridgehead atoms. The van der Waals surface area contributed by atoms with Crippen LogP contribution in [0.4, 0.5) is 0 Å². The normalized spacial score (nSPS) is 10.2. The molecule has 0 aliphatic carbocycles. The molecule has 0 aliphatic rings. The fraction of sp³-hybridized carbons (Fsp3) is 0.800. The van der Waals surface area contributed by atoms with E-state index in [2.05, 4.69) is 0 Å². The van der Waals surface area contributed by atoms with Crippen LogP contribution in [0.5, 0.6) is 0 Å². The molecule has 1 N–H and O–H groups in total. The van der Waals surface area contributed by atoms with Gasteiger partial charge in [-0.3, -0.25) is 0 Å². The van der Waals surface area contributed by atoms with Crippen molar-refractivity contribution in [2.45, 2.75) is 65.2 Å². The van der Waals surface area contributed by atoms with Gasteiger partial charge < -0.3 is 9.84 Å². The zero-order valence-corrected chi connectivity index (χ0v) is 11.9. The Balaban J connectivity index is 3.16. The number of aliphatic hydroxyl groups is 1. The highest BCUT2D eigenvalue weighted by Crippen LogP contribution is 2.08. The van der Waals surface area contributed by atoms with Crippen molar-refractivity contribution >= 4 is 5.97 Å². The summed E-state index contributed by atoms with van der Waals surface area (Å²) in [6, 6.07) is 0. The number of hydrogen-bond donors (Lipinski definition) is 1. The van der Waals surface area contributed by atoms with Gasteiger partial charge in [-0.15, -0.1) is 0 Å². The molecule has 0 spiro atoms. The van der Waals surface area contributed by atoms with Crippen LogP contribution in [0.25, 0.3) is 0 Å². The average Bonchev–Trinajstić information content (AvgIpc) is 2.30. The van der Waals surface area contributed by atoms with Crippen LogP contribution < -0.4 is 0 Å². The van der Waals surface area contributed by atoms with Crippen molar-refractivity contribution in [1.82, 2.24) is 0 Å². The molecule has 0 radical (unpaired) electrons. The number of unbranched alkanes of at least 4 members (excludes halogenated alkanes) is 7. The van der Waals surface area contributed by atoms with Crippen molar-refractivity contribution in [2.24, 2.45) is 0 Å². The number of aliphatic hydroxyl groups excluding tert-OH is 1. The standard InChI is InChI=1S/C15H28O3/c1-14(2)13-15(17)18-12-10-8-6-4-3-5-7-9-11-16/h13,16H,3-12H2,1-2H3. The first-order valence-electron chi connectivity index (χ1n) is 7.09. The summed E-state index contributed by atoms with van der Waals surface area (Å²) in [4.78, 5) is 11.2. The smallest absolute Gasteiger partial charge is 0.330 e. The summed E-state index contributed by atoms with van der Waals surface area (Å²) in [5.41, 5.74) is 0.975. The lowest BCUT2D eigenvalue weighted by molar-refractivity contribution is -0.137. The minimum absolute atomic E-state index is 0.223. The number of carbonyl (C=O) groups is 1. The van der Waals surface area contributed by atoms with Gasteiger partial charge in [0.25, 0.3) is 0 Å². The molecule has 0 saturated heterocycles. The monoisotopic (exact) mass is 256 g/mol. The summed E-state index contributed by atoms with van der Waals surface area (Å²) < 4.78 is 5.07. The minimum atomic E-state index is -0.223. The van der Waals surface area contributed by atoms with Gasteiger partial charge in [0.1, 0.15) is 0 Å². The molecule has 106 valence electrons. The Morgan fingerprint density at radius 1 is 0.944 bits per heavy atom. The molecular weight excluding hydrogens is 228 g/mol. The largest absolute Gasteiger partial charge is 0.463 e. The fourth-order valence-electron chi connectivity index (χ4n) is 1.72. The number of hydrogen-bond acceptors (Lipinski definition) is 3. The van der Waals surface area contributed by atoms with Crippen molar-refractivity contribution in [3.63, 3.8) is 0 Å². The Bertz CT molecular complexity index is 230. The lowest BCUT2D eigenvalue weighted by Gasteiger charge is -2.03. The molecule has 3 nitrogen and oxygen atoms in total. The van der Waals surface area contributed by atoms with E-state index in [1.807, 2.05) is 13.8 Å². The van der Waals surface area contributed by atoms with E-state index in [4.69, 9.17) is 9.84 Å². The van der Waals surface area contributed by atoms with Crippen molar-refractivity contribution in [3.8, 4) is 0 Å². The van der Waals surface area contributed by atoms with E-state index in [0.717, 1.165) is 31.3 Å². The van der Waals surface area contributed by atoms with Crippen LogP contribution in [0.2, 0.25) is 0 Å². The molecule has 3 heteroatoms. The molecule has 0 aromatic carbocycles. The van der Waals surface area contributed by atoms with Gasteiger partial charge in [-0.05, 0) is 26.7 Å². The SMILES string of the molecule is CC(C)=CC(=O)OCCCCCCCCCCO. The maximum absolute atomic E-state index is 11.2. The molecule has 0 saturated carbocycles. The highest BCUT2D eigenvalue weighted by atomic mass is 16.5. The molecule has 0 unspecified atom stereocenters. The van der Waals surface area contributed by atoms with E-state index in [0.29, 0.717) is 13.2 Å². The van der Waals surface area contributed by atoms with E-state index in [9.17, 15) is 4.79 Å². The van der Waals surface area contributed by atoms with Crippen LogP contribution in [-0.4, -0.2) is 24.3 Å². The van der Waals surface area contributed by atoms with E-state index in [1.165, 1.54) is 31.8 Å². The van der Waals surface area contributed by atoms with E-state index < -0.39 is 0 Å². The molecule has 0 rings (SSSR count). The molecule has 0 atom stereocenters. The van der Waals surface area contributed by atoms with Gasteiger partial charge in [0.05, 0.1) is 6.61 Å². The maximum atomic E-state index is 11.2. The van der Waals surface area contributed by atoms with Crippen LogP contribution in [0.1, 0.15) is 65.2 Å². The lowest BCUT2D eigenvalue weighted by Crippen LogP contribution is -2.02. The number of carbonyl (C=O) groups excluding carboxylic acids is 1. The van der Waals surface area contributed by atoms with E-state index >= 15 is 0 Å². The summed E-state index contributed by atoms with van der Waals surface area (Å²) in [6.07, 6.45) is 10.6. The topological polar surface area (TPSA) is 46.5 Å². The number of allylic oxidation sites excluding steroid dienone is 1. The van der Waals surface area contributed by atoms with Gasteiger partial charge in [0.15, 0.2) is 0 Å². The van der Waals surface area contributed by atoms with Crippen molar-refractivity contribution in [2.75, 3.05) is 13.2 Å². The van der Waals surface area contributed by atoms with Crippen molar-refractivity contribution in [3.05, 3.63) is 11.6 Å². The quantitative estimate of drug-likeness (QED) is 0.349. The van der Waals surface area contributed by atoms with Crippen LogP contribution in [0.15, 0.2) is 11.6 Å². The predicted octanol–water partition coefficient (Wildman–Crippen LogP) is 3.61. The second kappa shape index (κ2) is 12.6. The Kier molecular flexibility index (Phi) is 12.0. The third kappa shape index (κ3) is 13.2. The van der Waals surface area contributed by atoms with Gasteiger partial charge in [0.2, 0.25) is 0 Å². The van der Waals surface area contributed by atoms with Crippen LogP contribution in [-0.2, 0) is 9.53 Å². The Morgan fingerprint density at radius 3 is 1.94 bits per heavy atom. The highest BCUT2D eigenvalue weighted by Gasteiger charge is 1.97. The minimum Gasteiger partial charge on any atom is -0.463 e. The second-order valence-corrected chi connectivity index (χ2v) is 4.94. The first-order valence-corrected chi connectivity index (χ1v) is 7.09. The third-order valence-corrected chi connectivity index (χ3v) is 2.70. The summed E-state index contributed by atoms with van der Waals surface area (Å²) in [5.74, 6) is -0.223. The Labute approximate surface area is 111 Å². The Hall–Kier alpha value is -0.830. The lowest BCUT2D eigenvalue weighted by atomic mass is 10.1. The second-order valence-electron chi connectivity index (χ2n) is 4.94. The van der Waals surface area contributed by atoms with Crippen LogP contribution >= 0.6 is 0 Å². The van der Waals surface area contributed by atoms with Gasteiger partial charge in [-0.2, -0.15) is 0 Å². The Morgan fingerprint density at radius 2 is 1.44 bits per heavy atom. The molecule has 18 heavy (non-hydrogen) atoms. The zero-order chi connectivity index (χ0) is 13.6. The van der Waals surface area contributed by atoms with Crippen LogP contribution in [0.3, 0.4) is 0 Å². The van der Waals surface area contributed by atoms with E-state index in [-0.39, 0.29) is 5.97 Å². The summed E-state index contributed by atoms with van der Waals surface area (Å²) >= 11 is 0.